The Labute approximate surface area is 112 Å². The van der Waals surface area contributed by atoms with Crippen molar-refractivity contribution in [3.63, 3.8) is 0 Å². The summed E-state index contributed by atoms with van der Waals surface area (Å²) in [5.74, 6) is 0.607. The molecule has 7 heteroatoms. The molecule has 0 saturated carbocycles. The topological polar surface area (TPSA) is 59.8 Å². The SMILES string of the molecule is C[C@@H]1CN(S(=O)(=O)c2ccc(CCl)o2)C[C@H](C)O1. The van der Waals surface area contributed by atoms with E-state index < -0.39 is 10.0 Å². The number of sulfonamides is 1. The molecule has 0 bridgehead atoms. The van der Waals surface area contributed by atoms with Gasteiger partial charge in [-0.05, 0) is 26.0 Å². The van der Waals surface area contributed by atoms with Gasteiger partial charge in [0.25, 0.3) is 10.0 Å². The predicted octanol–water partition coefficient (Wildman–Crippen LogP) is 1.82. The summed E-state index contributed by atoms with van der Waals surface area (Å²) in [6, 6.07) is 3.02. The zero-order chi connectivity index (χ0) is 13.3. The summed E-state index contributed by atoms with van der Waals surface area (Å²) in [5, 5.41) is -0.0561. The van der Waals surface area contributed by atoms with Crippen LogP contribution in [0.3, 0.4) is 0 Å². The lowest BCUT2D eigenvalue weighted by molar-refractivity contribution is -0.0443. The molecule has 0 aromatic carbocycles. The van der Waals surface area contributed by atoms with Gasteiger partial charge >= 0.3 is 0 Å². The van der Waals surface area contributed by atoms with E-state index in [9.17, 15) is 8.42 Å². The summed E-state index contributed by atoms with van der Waals surface area (Å²) in [5.41, 5.74) is 0. The van der Waals surface area contributed by atoms with Crippen molar-refractivity contribution in [3.05, 3.63) is 17.9 Å². The summed E-state index contributed by atoms with van der Waals surface area (Å²) < 4.78 is 36.8. The third-order valence-electron chi connectivity index (χ3n) is 2.75. The Kier molecular flexibility index (Phi) is 4.01. The van der Waals surface area contributed by atoms with Crippen LogP contribution in [0.2, 0.25) is 0 Å². The third kappa shape index (κ3) is 2.71. The minimum Gasteiger partial charge on any atom is -0.447 e. The highest BCUT2D eigenvalue weighted by Gasteiger charge is 2.34. The van der Waals surface area contributed by atoms with Crippen LogP contribution in [0, 0.1) is 0 Å². The van der Waals surface area contributed by atoms with Crippen molar-refractivity contribution in [3.8, 4) is 0 Å². The van der Waals surface area contributed by atoms with Gasteiger partial charge in [0, 0.05) is 13.1 Å². The largest absolute Gasteiger partial charge is 0.447 e. The monoisotopic (exact) mass is 293 g/mol. The first-order valence-electron chi connectivity index (χ1n) is 5.73. The summed E-state index contributed by atoms with van der Waals surface area (Å²) in [6.45, 7) is 4.38. The van der Waals surface area contributed by atoms with Gasteiger partial charge in [-0.3, -0.25) is 0 Å². The molecule has 2 heterocycles. The number of ether oxygens (including phenoxy) is 1. The Morgan fingerprint density at radius 3 is 2.44 bits per heavy atom. The molecule has 0 unspecified atom stereocenters. The third-order valence-corrected chi connectivity index (χ3v) is 4.72. The first-order chi connectivity index (χ1) is 8.43. The molecular formula is C11H16ClNO4S. The zero-order valence-corrected chi connectivity index (χ0v) is 11.9. The molecular weight excluding hydrogens is 278 g/mol. The van der Waals surface area contributed by atoms with Crippen molar-refractivity contribution in [2.24, 2.45) is 0 Å². The smallest absolute Gasteiger partial charge is 0.276 e. The van der Waals surface area contributed by atoms with Gasteiger partial charge in [0.1, 0.15) is 5.76 Å². The highest BCUT2D eigenvalue weighted by molar-refractivity contribution is 7.89. The Morgan fingerprint density at radius 2 is 1.94 bits per heavy atom. The van der Waals surface area contributed by atoms with Crippen molar-refractivity contribution in [2.45, 2.75) is 37.0 Å². The van der Waals surface area contributed by atoms with Gasteiger partial charge in [0.2, 0.25) is 5.09 Å². The van der Waals surface area contributed by atoms with E-state index in [1.54, 1.807) is 6.07 Å². The Hall–Kier alpha value is -0.560. The number of hydrogen-bond donors (Lipinski definition) is 0. The fraction of sp³-hybridized carbons (Fsp3) is 0.636. The molecule has 0 spiro atoms. The van der Waals surface area contributed by atoms with E-state index in [1.807, 2.05) is 13.8 Å². The van der Waals surface area contributed by atoms with E-state index in [0.717, 1.165) is 0 Å². The normalized spacial score (nSPS) is 26.4. The molecule has 0 aliphatic carbocycles. The van der Waals surface area contributed by atoms with Gasteiger partial charge in [-0.1, -0.05) is 0 Å². The number of rotatable bonds is 3. The fourth-order valence-corrected chi connectivity index (χ4v) is 3.69. The minimum atomic E-state index is -3.59. The molecule has 18 heavy (non-hydrogen) atoms. The molecule has 102 valence electrons. The number of morpholine rings is 1. The van der Waals surface area contributed by atoms with Gasteiger partial charge in [-0.25, -0.2) is 8.42 Å². The number of alkyl halides is 1. The molecule has 1 aliphatic rings. The van der Waals surface area contributed by atoms with Crippen LogP contribution in [-0.4, -0.2) is 38.0 Å². The van der Waals surface area contributed by atoms with Crippen LogP contribution in [0.15, 0.2) is 21.6 Å². The maximum Gasteiger partial charge on any atom is 0.276 e. The van der Waals surface area contributed by atoms with Crippen LogP contribution >= 0.6 is 11.6 Å². The van der Waals surface area contributed by atoms with Crippen molar-refractivity contribution in [1.29, 1.82) is 0 Å². The van der Waals surface area contributed by atoms with Gasteiger partial charge in [-0.15, -0.1) is 11.6 Å². The van der Waals surface area contributed by atoms with Gasteiger partial charge in [0.15, 0.2) is 0 Å². The molecule has 0 radical (unpaired) electrons. The highest BCUT2D eigenvalue weighted by atomic mass is 35.5. The average Bonchev–Trinajstić information content (AvgIpc) is 2.76. The summed E-state index contributed by atoms with van der Waals surface area (Å²) in [4.78, 5) is 0. The van der Waals surface area contributed by atoms with E-state index in [2.05, 4.69) is 0 Å². The molecule has 1 aliphatic heterocycles. The lowest BCUT2D eigenvalue weighted by Crippen LogP contribution is -2.47. The second-order valence-electron chi connectivity index (χ2n) is 4.43. The lowest BCUT2D eigenvalue weighted by Gasteiger charge is -2.33. The van der Waals surface area contributed by atoms with Crippen LogP contribution in [0.4, 0.5) is 0 Å². The van der Waals surface area contributed by atoms with Crippen molar-refractivity contribution >= 4 is 21.6 Å². The maximum absolute atomic E-state index is 12.3. The van der Waals surface area contributed by atoms with Crippen LogP contribution < -0.4 is 0 Å². The minimum absolute atomic E-state index is 0.0561. The standard InChI is InChI=1S/C11H16ClNO4S/c1-8-6-13(7-9(2)16-8)18(14,15)11-4-3-10(5-12)17-11/h3-4,8-9H,5-7H2,1-2H3/t8-,9+. The molecule has 0 amide bonds. The Balaban J connectivity index is 2.25. The number of halogens is 1. The van der Waals surface area contributed by atoms with Crippen molar-refractivity contribution < 1.29 is 17.6 Å². The Morgan fingerprint density at radius 1 is 1.33 bits per heavy atom. The molecule has 2 rings (SSSR count). The summed E-state index contributed by atoms with van der Waals surface area (Å²) in [7, 11) is -3.59. The van der Waals surface area contributed by atoms with Crippen LogP contribution in [-0.2, 0) is 20.6 Å². The van der Waals surface area contributed by atoms with Gasteiger partial charge < -0.3 is 9.15 Å². The second kappa shape index (κ2) is 5.21. The molecule has 5 nitrogen and oxygen atoms in total. The molecule has 2 atom stereocenters. The fourth-order valence-electron chi connectivity index (χ4n) is 2.02. The predicted molar refractivity (Wildman–Crippen MR) is 67.0 cm³/mol. The van der Waals surface area contributed by atoms with Crippen LogP contribution in [0.1, 0.15) is 19.6 Å². The first kappa shape index (κ1) is 13.9. The molecule has 1 fully saturated rings. The Bertz CT molecular complexity index is 503. The second-order valence-corrected chi connectivity index (χ2v) is 6.57. The molecule has 0 N–H and O–H groups in total. The van der Waals surface area contributed by atoms with Crippen LogP contribution in [0.5, 0.6) is 0 Å². The van der Waals surface area contributed by atoms with Crippen molar-refractivity contribution in [1.82, 2.24) is 4.31 Å². The number of nitrogens with zero attached hydrogens (tertiary/aromatic N) is 1. The highest BCUT2D eigenvalue weighted by Crippen LogP contribution is 2.23. The first-order valence-corrected chi connectivity index (χ1v) is 7.71. The van der Waals surface area contributed by atoms with Crippen LogP contribution in [0.25, 0.3) is 0 Å². The van der Waals surface area contributed by atoms with Gasteiger partial charge in [0.05, 0.1) is 18.1 Å². The van der Waals surface area contributed by atoms with E-state index >= 15 is 0 Å². The maximum atomic E-state index is 12.3. The quantitative estimate of drug-likeness (QED) is 0.798. The summed E-state index contributed by atoms with van der Waals surface area (Å²) >= 11 is 5.60. The number of hydrogen-bond acceptors (Lipinski definition) is 4. The van der Waals surface area contributed by atoms with E-state index in [-0.39, 0.29) is 23.2 Å². The molecule has 1 saturated heterocycles. The zero-order valence-electron chi connectivity index (χ0n) is 10.3. The number of furan rings is 1. The molecule has 1 aromatic rings. The van der Waals surface area contributed by atoms with E-state index in [1.165, 1.54) is 10.4 Å². The average molecular weight is 294 g/mol. The lowest BCUT2D eigenvalue weighted by atomic mass is 10.3. The summed E-state index contributed by atoms with van der Waals surface area (Å²) in [6.07, 6.45) is -0.239. The molecule has 1 aromatic heterocycles. The van der Waals surface area contributed by atoms with Gasteiger partial charge in [-0.2, -0.15) is 4.31 Å². The van der Waals surface area contributed by atoms with E-state index in [0.29, 0.717) is 18.8 Å². The van der Waals surface area contributed by atoms with E-state index in [4.69, 9.17) is 20.8 Å². The van der Waals surface area contributed by atoms with Crippen molar-refractivity contribution in [2.75, 3.05) is 13.1 Å².